The SMILES string of the molecule is Cc1ccc(-c2cc(C(F)(F)F)nn2-c2ccc(C)c(N=S=O)c2C)cc1. The van der Waals surface area contributed by atoms with Crippen molar-refractivity contribution in [2.45, 2.75) is 26.9 Å². The normalized spacial score (nSPS) is 11.5. The summed E-state index contributed by atoms with van der Waals surface area (Å²) in [6.45, 7) is 5.41. The van der Waals surface area contributed by atoms with E-state index in [9.17, 15) is 17.4 Å². The molecule has 140 valence electrons. The molecular weight excluding hydrogens is 375 g/mol. The summed E-state index contributed by atoms with van der Waals surface area (Å²) < 4.78 is 55.9. The third-order valence-corrected chi connectivity index (χ3v) is 4.57. The van der Waals surface area contributed by atoms with Crippen molar-refractivity contribution in [1.29, 1.82) is 0 Å². The molecule has 0 amide bonds. The van der Waals surface area contributed by atoms with Crippen molar-refractivity contribution in [2.75, 3.05) is 0 Å². The van der Waals surface area contributed by atoms with Gasteiger partial charge in [0, 0.05) is 11.1 Å². The quantitative estimate of drug-likeness (QED) is 0.591. The molecule has 2 aromatic carbocycles. The molecule has 4 nitrogen and oxygen atoms in total. The molecule has 0 aliphatic carbocycles. The van der Waals surface area contributed by atoms with Crippen LogP contribution < -0.4 is 0 Å². The molecule has 27 heavy (non-hydrogen) atoms. The van der Waals surface area contributed by atoms with E-state index in [1.54, 1.807) is 38.1 Å². The molecular formula is C19H16F3N3OS. The van der Waals surface area contributed by atoms with Crippen LogP contribution in [0.1, 0.15) is 22.4 Å². The van der Waals surface area contributed by atoms with Gasteiger partial charge in [-0.3, -0.25) is 0 Å². The van der Waals surface area contributed by atoms with Gasteiger partial charge in [-0.25, -0.2) is 4.68 Å². The summed E-state index contributed by atoms with van der Waals surface area (Å²) in [6.07, 6.45) is -4.57. The smallest absolute Gasteiger partial charge is 0.232 e. The van der Waals surface area contributed by atoms with Gasteiger partial charge < -0.3 is 0 Å². The lowest BCUT2D eigenvalue weighted by Gasteiger charge is -2.13. The Labute approximate surface area is 157 Å². The molecule has 0 atom stereocenters. The fraction of sp³-hybridized carbons (Fsp3) is 0.211. The van der Waals surface area contributed by atoms with Gasteiger partial charge in [0.15, 0.2) is 5.69 Å². The zero-order valence-electron chi connectivity index (χ0n) is 14.8. The van der Waals surface area contributed by atoms with E-state index in [-0.39, 0.29) is 11.5 Å². The first-order chi connectivity index (χ1) is 12.7. The van der Waals surface area contributed by atoms with E-state index >= 15 is 0 Å². The minimum Gasteiger partial charge on any atom is -0.232 e. The van der Waals surface area contributed by atoms with Crippen LogP contribution in [-0.4, -0.2) is 14.0 Å². The lowest BCUT2D eigenvalue weighted by Crippen LogP contribution is -2.08. The van der Waals surface area contributed by atoms with Gasteiger partial charge in [0.05, 0.1) is 17.1 Å². The van der Waals surface area contributed by atoms with Gasteiger partial charge in [-0.1, -0.05) is 35.9 Å². The summed E-state index contributed by atoms with van der Waals surface area (Å²) in [5.41, 5.74) is 3.19. The van der Waals surface area contributed by atoms with Crippen LogP contribution in [0.3, 0.4) is 0 Å². The third-order valence-electron chi connectivity index (χ3n) is 4.31. The van der Waals surface area contributed by atoms with Gasteiger partial charge in [-0.05, 0) is 38.5 Å². The average molecular weight is 391 g/mol. The third kappa shape index (κ3) is 3.71. The van der Waals surface area contributed by atoms with Crippen LogP contribution in [0.25, 0.3) is 16.9 Å². The van der Waals surface area contributed by atoms with Crippen molar-refractivity contribution >= 4 is 17.2 Å². The van der Waals surface area contributed by atoms with Gasteiger partial charge >= 0.3 is 6.18 Å². The Morgan fingerprint density at radius 2 is 1.70 bits per heavy atom. The number of rotatable bonds is 3. The Balaban J connectivity index is 2.29. The first-order valence-corrected chi connectivity index (χ1v) is 8.77. The summed E-state index contributed by atoms with van der Waals surface area (Å²) >= 11 is 0.0639. The zero-order chi connectivity index (χ0) is 19.8. The molecule has 0 saturated heterocycles. The Kier molecular flexibility index (Phi) is 5.01. The number of alkyl halides is 3. The molecule has 1 heterocycles. The number of hydrogen-bond acceptors (Lipinski definition) is 3. The number of halogens is 3. The van der Waals surface area contributed by atoms with Crippen molar-refractivity contribution < 1.29 is 17.4 Å². The van der Waals surface area contributed by atoms with Crippen molar-refractivity contribution in [3.05, 3.63) is 64.8 Å². The Hall–Kier alpha value is -2.74. The van der Waals surface area contributed by atoms with Crippen molar-refractivity contribution in [3.8, 4) is 16.9 Å². The first kappa shape index (κ1) is 19.0. The summed E-state index contributed by atoms with van der Waals surface area (Å²) in [5.74, 6) is 0. The molecule has 0 radical (unpaired) electrons. The van der Waals surface area contributed by atoms with Gasteiger partial charge in [0.1, 0.15) is 0 Å². The predicted octanol–water partition coefficient (Wildman–Crippen LogP) is 5.51. The average Bonchev–Trinajstić information content (AvgIpc) is 3.05. The Morgan fingerprint density at radius 3 is 2.30 bits per heavy atom. The molecule has 3 aromatic rings. The Morgan fingerprint density at radius 1 is 1.04 bits per heavy atom. The highest BCUT2D eigenvalue weighted by Crippen LogP contribution is 2.36. The van der Waals surface area contributed by atoms with E-state index in [1.165, 1.54) is 4.68 Å². The van der Waals surface area contributed by atoms with Gasteiger partial charge in [-0.15, -0.1) is 0 Å². The summed E-state index contributed by atoms with van der Waals surface area (Å²) in [7, 11) is 0. The largest absolute Gasteiger partial charge is 0.435 e. The monoisotopic (exact) mass is 391 g/mol. The van der Waals surface area contributed by atoms with E-state index in [0.717, 1.165) is 17.2 Å². The van der Waals surface area contributed by atoms with Crippen LogP contribution in [-0.2, 0) is 17.6 Å². The summed E-state index contributed by atoms with van der Waals surface area (Å²) in [5, 5.41) is 3.81. The minimum atomic E-state index is -4.57. The van der Waals surface area contributed by atoms with Crippen LogP contribution >= 0.6 is 0 Å². The van der Waals surface area contributed by atoms with Crippen molar-refractivity contribution in [2.24, 2.45) is 4.36 Å². The number of nitrogens with zero attached hydrogens (tertiary/aromatic N) is 3. The van der Waals surface area contributed by atoms with Crippen LogP contribution in [0.2, 0.25) is 0 Å². The second kappa shape index (κ2) is 7.11. The minimum absolute atomic E-state index is 0.0639. The topological polar surface area (TPSA) is 47.2 Å². The molecule has 0 aliphatic heterocycles. The fourth-order valence-electron chi connectivity index (χ4n) is 2.87. The second-order valence-electron chi connectivity index (χ2n) is 6.23. The maximum Gasteiger partial charge on any atom is 0.435 e. The van der Waals surface area contributed by atoms with E-state index in [2.05, 4.69) is 9.46 Å². The maximum absolute atomic E-state index is 13.3. The van der Waals surface area contributed by atoms with E-state index in [4.69, 9.17) is 0 Å². The fourth-order valence-corrected chi connectivity index (χ4v) is 3.22. The van der Waals surface area contributed by atoms with Gasteiger partial charge in [0.25, 0.3) is 0 Å². The molecule has 8 heteroatoms. The molecule has 0 spiro atoms. The molecule has 0 saturated carbocycles. The highest BCUT2D eigenvalue weighted by molar-refractivity contribution is 7.54. The lowest BCUT2D eigenvalue weighted by molar-refractivity contribution is -0.141. The Bertz CT molecular complexity index is 1050. The van der Waals surface area contributed by atoms with Crippen molar-refractivity contribution in [1.82, 2.24) is 9.78 Å². The van der Waals surface area contributed by atoms with E-state index < -0.39 is 11.9 Å². The first-order valence-electron chi connectivity index (χ1n) is 8.07. The highest BCUT2D eigenvalue weighted by atomic mass is 32.1. The molecule has 0 bridgehead atoms. The van der Waals surface area contributed by atoms with Crippen molar-refractivity contribution in [3.63, 3.8) is 0 Å². The zero-order valence-corrected chi connectivity index (χ0v) is 15.6. The van der Waals surface area contributed by atoms with E-state index in [0.29, 0.717) is 28.2 Å². The van der Waals surface area contributed by atoms with Crippen LogP contribution in [0.5, 0.6) is 0 Å². The maximum atomic E-state index is 13.3. The van der Waals surface area contributed by atoms with Crippen LogP contribution in [0, 0.1) is 20.8 Å². The summed E-state index contributed by atoms with van der Waals surface area (Å²) in [4.78, 5) is 0. The highest BCUT2D eigenvalue weighted by Gasteiger charge is 2.35. The molecule has 0 unspecified atom stereocenters. The molecule has 3 rings (SSSR count). The summed E-state index contributed by atoms with van der Waals surface area (Å²) in [6, 6.07) is 11.6. The van der Waals surface area contributed by atoms with Gasteiger partial charge in [-0.2, -0.15) is 26.8 Å². The number of aromatic nitrogens is 2. The number of benzene rings is 2. The number of hydrogen-bond donors (Lipinski definition) is 0. The molecule has 0 N–H and O–H groups in total. The van der Waals surface area contributed by atoms with Crippen LogP contribution in [0.4, 0.5) is 18.9 Å². The van der Waals surface area contributed by atoms with Gasteiger partial charge in [0.2, 0.25) is 11.5 Å². The second-order valence-corrected chi connectivity index (χ2v) is 6.56. The van der Waals surface area contributed by atoms with E-state index in [1.807, 2.05) is 19.1 Å². The predicted molar refractivity (Wildman–Crippen MR) is 98.4 cm³/mol. The molecule has 0 aliphatic rings. The van der Waals surface area contributed by atoms with Crippen LogP contribution in [0.15, 0.2) is 46.8 Å². The molecule has 1 aromatic heterocycles. The number of aryl methyl sites for hydroxylation is 2. The standard InChI is InChI=1S/C19H16F3N3OS/c1-11-4-7-14(8-5-11)16-10-17(19(20,21)22)23-25(16)15-9-6-12(2)18(13(15)3)24-27-26/h4-10H,1-3H3. The lowest BCUT2D eigenvalue weighted by atomic mass is 10.1. The molecule has 0 fully saturated rings.